The molecule has 0 saturated heterocycles. The van der Waals surface area contributed by atoms with Gasteiger partial charge >= 0.3 is 0 Å². The van der Waals surface area contributed by atoms with Gasteiger partial charge in [-0.2, -0.15) is 0 Å². The number of halogens is 1. The van der Waals surface area contributed by atoms with E-state index < -0.39 is 12.1 Å². The fourth-order valence-corrected chi connectivity index (χ4v) is 3.67. The smallest absolute Gasteiger partial charge is 0.259 e. The fraction of sp³-hybridized carbons (Fsp3) is 0.423. The number of carbonyl (C=O) groups is 2. The molecule has 1 N–H and O–H groups in total. The zero-order valence-electron chi connectivity index (χ0n) is 20.3. The van der Waals surface area contributed by atoms with Gasteiger partial charge in [0.25, 0.3) is 5.91 Å². The molecule has 2 heterocycles. The average Bonchev–Trinajstić information content (AvgIpc) is 2.85. The molecular weight excluding hydrogens is 453 g/mol. The number of rotatable bonds is 6. The van der Waals surface area contributed by atoms with Crippen LogP contribution in [0.1, 0.15) is 35.3 Å². The molecule has 0 bridgehead atoms. The average molecular weight is 484 g/mol. The van der Waals surface area contributed by atoms with E-state index >= 15 is 0 Å². The number of pyridine rings is 1. The van der Waals surface area contributed by atoms with Gasteiger partial charge in [0.2, 0.25) is 11.8 Å². The second-order valence-corrected chi connectivity index (χ2v) is 8.66. The molecule has 0 fully saturated rings. The van der Waals surface area contributed by atoms with E-state index in [-0.39, 0.29) is 54.8 Å². The fourth-order valence-electron chi connectivity index (χ4n) is 3.67. The van der Waals surface area contributed by atoms with Crippen LogP contribution in [0.15, 0.2) is 36.5 Å². The van der Waals surface area contributed by atoms with Gasteiger partial charge in [-0.05, 0) is 37.3 Å². The first-order valence-electron chi connectivity index (χ1n) is 11.3. The molecule has 0 aliphatic carbocycles. The molecule has 9 heteroatoms. The summed E-state index contributed by atoms with van der Waals surface area (Å²) in [5, 5.41) is 9.77. The highest BCUT2D eigenvalue weighted by Gasteiger charge is 2.34. The third-order valence-corrected chi connectivity index (χ3v) is 5.86. The monoisotopic (exact) mass is 483 g/mol. The zero-order valence-corrected chi connectivity index (χ0v) is 20.3. The standard InChI is InChI=1S/C26H30FN3O5/c1-17-13-30(18(2)15-31)26(33)22-11-20(6-5-19-7-9-21(27)10-8-19)12-28-25(22)35-23(17)14-29(3)24(32)16-34-4/h7-12,17-18,23,31H,13-16H2,1-4H3/t17-,18+,23+/m1/s1. The molecular formula is C26H30FN3O5. The highest BCUT2D eigenvalue weighted by Crippen LogP contribution is 2.27. The maximum Gasteiger partial charge on any atom is 0.259 e. The first-order chi connectivity index (χ1) is 16.7. The molecule has 0 unspecified atom stereocenters. The number of fused-ring (bicyclic) bond motifs is 1. The van der Waals surface area contributed by atoms with Crippen LogP contribution >= 0.6 is 0 Å². The van der Waals surface area contributed by atoms with Crippen molar-refractivity contribution >= 4 is 11.8 Å². The van der Waals surface area contributed by atoms with Crippen molar-refractivity contribution < 1.29 is 28.6 Å². The van der Waals surface area contributed by atoms with Crippen LogP contribution in [0.3, 0.4) is 0 Å². The summed E-state index contributed by atoms with van der Waals surface area (Å²) >= 11 is 0. The van der Waals surface area contributed by atoms with E-state index in [0.29, 0.717) is 17.7 Å². The lowest BCUT2D eigenvalue weighted by Crippen LogP contribution is -2.50. The van der Waals surface area contributed by atoms with Crippen LogP contribution in [-0.2, 0) is 9.53 Å². The highest BCUT2D eigenvalue weighted by atomic mass is 19.1. The third-order valence-electron chi connectivity index (χ3n) is 5.86. The Hall–Kier alpha value is -3.48. The van der Waals surface area contributed by atoms with Crippen LogP contribution in [-0.4, -0.2) is 84.3 Å². The number of hydrogen-bond donors (Lipinski definition) is 1. The minimum absolute atomic E-state index is 0.0469. The van der Waals surface area contributed by atoms with Crippen molar-refractivity contribution in [2.24, 2.45) is 5.92 Å². The SMILES string of the molecule is COCC(=O)N(C)C[C@@H]1Oc2ncc(C#Cc3ccc(F)cc3)cc2C(=O)N([C@@H](C)CO)C[C@H]1C. The molecule has 1 aromatic heterocycles. The van der Waals surface area contributed by atoms with Gasteiger partial charge in [0.15, 0.2) is 0 Å². The quantitative estimate of drug-likeness (QED) is 0.632. The van der Waals surface area contributed by atoms with E-state index in [2.05, 4.69) is 16.8 Å². The van der Waals surface area contributed by atoms with Gasteiger partial charge in [-0.25, -0.2) is 9.37 Å². The van der Waals surface area contributed by atoms with Crippen molar-refractivity contribution in [3.63, 3.8) is 0 Å². The van der Waals surface area contributed by atoms with Crippen molar-refractivity contribution in [2.75, 3.05) is 40.5 Å². The number of aromatic nitrogens is 1. The molecule has 3 atom stereocenters. The largest absolute Gasteiger partial charge is 0.472 e. The molecule has 8 nitrogen and oxygen atoms in total. The van der Waals surface area contributed by atoms with Crippen molar-refractivity contribution in [3.05, 3.63) is 59.0 Å². The summed E-state index contributed by atoms with van der Waals surface area (Å²) in [4.78, 5) is 33.2. The van der Waals surface area contributed by atoms with Crippen molar-refractivity contribution in [2.45, 2.75) is 26.0 Å². The number of aliphatic hydroxyl groups is 1. The number of ether oxygens (including phenoxy) is 2. The van der Waals surface area contributed by atoms with Crippen LogP contribution < -0.4 is 4.74 Å². The van der Waals surface area contributed by atoms with Gasteiger partial charge in [0, 0.05) is 43.9 Å². The van der Waals surface area contributed by atoms with Gasteiger partial charge in [0.1, 0.15) is 24.1 Å². The number of amides is 2. The maximum atomic E-state index is 13.4. The second-order valence-electron chi connectivity index (χ2n) is 8.66. The molecule has 1 aliphatic heterocycles. The van der Waals surface area contributed by atoms with E-state index in [9.17, 15) is 19.1 Å². The lowest BCUT2D eigenvalue weighted by atomic mass is 10.00. The summed E-state index contributed by atoms with van der Waals surface area (Å²) in [6.45, 7) is 4.03. The van der Waals surface area contributed by atoms with E-state index in [0.717, 1.165) is 0 Å². The Balaban J connectivity index is 1.96. The van der Waals surface area contributed by atoms with E-state index in [1.807, 2.05) is 6.92 Å². The highest BCUT2D eigenvalue weighted by molar-refractivity contribution is 5.97. The number of benzene rings is 1. The first kappa shape index (κ1) is 26.1. The third kappa shape index (κ3) is 6.56. The molecule has 0 radical (unpaired) electrons. The molecule has 35 heavy (non-hydrogen) atoms. The number of methoxy groups -OCH3 is 1. The molecule has 0 saturated carbocycles. The van der Waals surface area contributed by atoms with E-state index in [1.165, 1.54) is 30.3 Å². The summed E-state index contributed by atoms with van der Waals surface area (Å²) in [6, 6.07) is 6.95. The van der Waals surface area contributed by atoms with E-state index in [1.54, 1.807) is 37.1 Å². The Morgan fingerprint density at radius 3 is 2.69 bits per heavy atom. The summed E-state index contributed by atoms with van der Waals surface area (Å²) in [5.41, 5.74) is 1.33. The number of carbonyl (C=O) groups excluding carboxylic acids is 2. The summed E-state index contributed by atoms with van der Waals surface area (Å²) in [5.74, 6) is 5.00. The lowest BCUT2D eigenvalue weighted by Gasteiger charge is -2.37. The molecule has 186 valence electrons. The van der Waals surface area contributed by atoms with Crippen molar-refractivity contribution in [1.82, 2.24) is 14.8 Å². The Morgan fingerprint density at radius 1 is 1.34 bits per heavy atom. The predicted molar refractivity (Wildman–Crippen MR) is 127 cm³/mol. The number of likely N-dealkylation sites (N-methyl/N-ethyl adjacent to an activating group) is 1. The summed E-state index contributed by atoms with van der Waals surface area (Å²) in [6.07, 6.45) is 1.05. The minimum Gasteiger partial charge on any atom is -0.472 e. The molecule has 2 aromatic rings. The molecule has 0 spiro atoms. The van der Waals surface area contributed by atoms with Crippen LogP contribution in [0.25, 0.3) is 0 Å². The molecule has 1 aromatic carbocycles. The van der Waals surface area contributed by atoms with Crippen LogP contribution in [0.2, 0.25) is 0 Å². The number of aliphatic hydroxyl groups excluding tert-OH is 1. The van der Waals surface area contributed by atoms with Crippen molar-refractivity contribution in [3.8, 4) is 17.7 Å². The number of hydrogen-bond acceptors (Lipinski definition) is 6. The number of nitrogens with zero attached hydrogens (tertiary/aromatic N) is 3. The van der Waals surface area contributed by atoms with E-state index in [4.69, 9.17) is 9.47 Å². The normalized spacial score (nSPS) is 18.3. The summed E-state index contributed by atoms with van der Waals surface area (Å²) in [7, 11) is 3.12. The van der Waals surface area contributed by atoms with Crippen LogP contribution in [0.5, 0.6) is 5.88 Å². The molecule has 3 rings (SSSR count). The Morgan fingerprint density at radius 2 is 2.03 bits per heavy atom. The van der Waals surface area contributed by atoms with Gasteiger partial charge in [-0.3, -0.25) is 9.59 Å². The Kier molecular flexibility index (Phi) is 8.79. The first-order valence-corrected chi connectivity index (χ1v) is 11.3. The zero-order chi connectivity index (χ0) is 25.5. The van der Waals surface area contributed by atoms with Crippen LogP contribution in [0, 0.1) is 23.6 Å². The Bertz CT molecular complexity index is 1110. The van der Waals surface area contributed by atoms with Crippen molar-refractivity contribution in [1.29, 1.82) is 0 Å². The maximum absolute atomic E-state index is 13.4. The van der Waals surface area contributed by atoms with Crippen LogP contribution in [0.4, 0.5) is 4.39 Å². The van der Waals surface area contributed by atoms with Gasteiger partial charge in [-0.15, -0.1) is 0 Å². The predicted octanol–water partition coefficient (Wildman–Crippen LogP) is 1.95. The summed E-state index contributed by atoms with van der Waals surface area (Å²) < 4.78 is 24.2. The van der Waals surface area contributed by atoms with Gasteiger partial charge in [-0.1, -0.05) is 18.8 Å². The topological polar surface area (TPSA) is 92.2 Å². The molecule has 1 aliphatic rings. The van der Waals surface area contributed by atoms with Gasteiger partial charge < -0.3 is 24.4 Å². The van der Waals surface area contributed by atoms with Gasteiger partial charge in [0.05, 0.1) is 19.2 Å². The Labute approximate surface area is 204 Å². The molecule has 2 amide bonds. The lowest BCUT2D eigenvalue weighted by molar-refractivity contribution is -0.135. The minimum atomic E-state index is -0.454. The second kappa shape index (κ2) is 11.8.